The number of benzene rings is 1. The molecule has 1 aromatic heterocycles. The summed E-state index contributed by atoms with van der Waals surface area (Å²) in [6, 6.07) is 7.93. The summed E-state index contributed by atoms with van der Waals surface area (Å²) in [5, 5.41) is 0. The van der Waals surface area contributed by atoms with Gasteiger partial charge in [-0.15, -0.1) is 0 Å². The van der Waals surface area contributed by atoms with Crippen molar-refractivity contribution in [2.45, 2.75) is 40.0 Å². The van der Waals surface area contributed by atoms with E-state index in [4.69, 9.17) is 0 Å². The minimum Gasteiger partial charge on any atom is -0.294 e. The lowest BCUT2D eigenvalue weighted by Crippen LogP contribution is -2.18. The van der Waals surface area contributed by atoms with E-state index in [1.165, 1.54) is 6.08 Å². The number of pyridine rings is 1. The molecule has 1 atom stereocenters. The molecule has 2 aromatic rings. The van der Waals surface area contributed by atoms with E-state index in [9.17, 15) is 9.59 Å². The van der Waals surface area contributed by atoms with Crippen LogP contribution in [0.25, 0.3) is 0 Å². The fourth-order valence-electron chi connectivity index (χ4n) is 3.59. The Hall–Kier alpha value is -2.55. The van der Waals surface area contributed by atoms with Crippen molar-refractivity contribution in [3.05, 3.63) is 75.6 Å². The molecule has 0 amide bonds. The summed E-state index contributed by atoms with van der Waals surface area (Å²) in [5.41, 5.74) is 6.48. The van der Waals surface area contributed by atoms with E-state index in [0.717, 1.165) is 33.5 Å². The molecule has 0 radical (unpaired) electrons. The molecule has 1 aliphatic carbocycles. The van der Waals surface area contributed by atoms with Crippen LogP contribution in [0.15, 0.2) is 42.1 Å². The number of carbonyl (C=O) groups is 2. The Labute approximate surface area is 142 Å². The second-order valence-electron chi connectivity index (χ2n) is 6.68. The minimum absolute atomic E-state index is 0.0849. The van der Waals surface area contributed by atoms with E-state index in [-0.39, 0.29) is 11.6 Å². The largest absolute Gasteiger partial charge is 0.294 e. The van der Waals surface area contributed by atoms with Gasteiger partial charge in [0.05, 0.1) is 0 Å². The van der Waals surface area contributed by atoms with E-state index < -0.39 is 5.92 Å². The van der Waals surface area contributed by atoms with Crippen LogP contribution in [0.3, 0.4) is 0 Å². The molecule has 3 rings (SSSR count). The quantitative estimate of drug-likeness (QED) is 0.810. The molecule has 0 fully saturated rings. The molecule has 0 saturated carbocycles. The summed E-state index contributed by atoms with van der Waals surface area (Å²) in [6.45, 7) is 7.95. The lowest BCUT2D eigenvalue weighted by atomic mass is 9.85. The molecule has 1 aliphatic rings. The molecule has 0 aliphatic heterocycles. The highest BCUT2D eigenvalue weighted by Crippen LogP contribution is 2.34. The molecular weight excluding hydrogens is 298 g/mol. The Balaban J connectivity index is 1.93. The number of allylic oxidation sites excluding steroid dienone is 2. The highest BCUT2D eigenvalue weighted by Gasteiger charge is 2.37. The number of nitrogens with zero attached hydrogens (tertiary/aromatic N) is 1. The Morgan fingerprint density at radius 2 is 1.62 bits per heavy atom. The fourth-order valence-corrected chi connectivity index (χ4v) is 3.59. The highest BCUT2D eigenvalue weighted by atomic mass is 16.2. The lowest BCUT2D eigenvalue weighted by Gasteiger charge is -2.16. The monoisotopic (exact) mass is 319 g/mol. The summed E-state index contributed by atoms with van der Waals surface area (Å²) >= 11 is 0. The van der Waals surface area contributed by atoms with Gasteiger partial charge in [0, 0.05) is 23.9 Å². The van der Waals surface area contributed by atoms with Crippen LogP contribution in [-0.2, 0) is 16.0 Å². The van der Waals surface area contributed by atoms with Crippen LogP contribution < -0.4 is 0 Å². The van der Waals surface area contributed by atoms with Crippen LogP contribution in [0, 0.1) is 27.7 Å². The first-order valence-corrected chi connectivity index (χ1v) is 8.14. The van der Waals surface area contributed by atoms with Gasteiger partial charge in [0.25, 0.3) is 0 Å². The van der Waals surface area contributed by atoms with Crippen molar-refractivity contribution in [1.29, 1.82) is 0 Å². The zero-order valence-corrected chi connectivity index (χ0v) is 14.5. The average Bonchev–Trinajstić information content (AvgIpc) is 2.74. The van der Waals surface area contributed by atoms with Crippen LogP contribution in [0.4, 0.5) is 0 Å². The fraction of sp³-hybridized carbons (Fsp3) is 0.286. The second kappa shape index (κ2) is 6.16. The molecule has 122 valence electrons. The normalized spacial score (nSPS) is 17.3. The Kier molecular flexibility index (Phi) is 4.18. The van der Waals surface area contributed by atoms with E-state index in [1.54, 1.807) is 6.20 Å². The maximum Gasteiger partial charge on any atom is 0.174 e. The van der Waals surface area contributed by atoms with Crippen molar-refractivity contribution in [2.75, 3.05) is 0 Å². The smallest absolute Gasteiger partial charge is 0.174 e. The number of aryl methyl sites for hydroxylation is 4. The maximum absolute atomic E-state index is 12.9. The number of ketones is 2. The standard InChI is InChI=1S/C21H21NO2/c1-12-5-6-22-17(9-12)10-16-11-18(23)20(21(16)24)19-14(3)7-13(2)8-15(19)4/h5-9,11,20H,10H2,1-4H3. The van der Waals surface area contributed by atoms with E-state index in [0.29, 0.717) is 12.0 Å². The maximum atomic E-state index is 12.9. The second-order valence-corrected chi connectivity index (χ2v) is 6.68. The summed E-state index contributed by atoms with van der Waals surface area (Å²) < 4.78 is 0. The number of rotatable bonds is 3. The highest BCUT2D eigenvalue weighted by molar-refractivity contribution is 6.25. The molecule has 1 aromatic carbocycles. The molecule has 1 unspecified atom stereocenters. The third kappa shape index (κ3) is 2.94. The molecule has 3 heteroatoms. The minimum atomic E-state index is -0.689. The summed E-state index contributed by atoms with van der Waals surface area (Å²) in [5.74, 6) is -0.888. The van der Waals surface area contributed by atoms with Gasteiger partial charge in [-0.05, 0) is 68.2 Å². The number of carbonyl (C=O) groups excluding carboxylic acids is 2. The third-order valence-corrected chi connectivity index (χ3v) is 4.55. The van der Waals surface area contributed by atoms with Gasteiger partial charge in [0.15, 0.2) is 11.6 Å². The molecule has 0 N–H and O–H groups in total. The van der Waals surface area contributed by atoms with Gasteiger partial charge in [-0.2, -0.15) is 0 Å². The van der Waals surface area contributed by atoms with Gasteiger partial charge in [0.2, 0.25) is 0 Å². The van der Waals surface area contributed by atoms with E-state index in [2.05, 4.69) is 4.98 Å². The molecule has 1 heterocycles. The van der Waals surface area contributed by atoms with Crippen LogP contribution in [0.2, 0.25) is 0 Å². The zero-order chi connectivity index (χ0) is 17.4. The molecule has 0 saturated heterocycles. The topological polar surface area (TPSA) is 47.0 Å². The van der Waals surface area contributed by atoms with Crippen molar-refractivity contribution in [3.8, 4) is 0 Å². The summed E-state index contributed by atoms with van der Waals surface area (Å²) in [7, 11) is 0. The first-order valence-electron chi connectivity index (χ1n) is 8.14. The van der Waals surface area contributed by atoms with Crippen molar-refractivity contribution in [2.24, 2.45) is 0 Å². The first-order chi connectivity index (χ1) is 11.4. The van der Waals surface area contributed by atoms with Crippen molar-refractivity contribution in [3.63, 3.8) is 0 Å². The van der Waals surface area contributed by atoms with Crippen LogP contribution in [-0.4, -0.2) is 16.6 Å². The molecule has 0 spiro atoms. The van der Waals surface area contributed by atoms with E-state index >= 15 is 0 Å². The summed E-state index contributed by atoms with van der Waals surface area (Å²) in [6.07, 6.45) is 3.65. The number of Topliss-reactive ketones (excluding diaryl/α,β-unsaturated/α-hetero) is 1. The van der Waals surface area contributed by atoms with E-state index in [1.807, 2.05) is 52.0 Å². The predicted molar refractivity (Wildman–Crippen MR) is 94.2 cm³/mol. The molecule has 0 bridgehead atoms. The first kappa shape index (κ1) is 16.3. The molecule has 3 nitrogen and oxygen atoms in total. The van der Waals surface area contributed by atoms with Gasteiger partial charge < -0.3 is 0 Å². The van der Waals surface area contributed by atoms with Gasteiger partial charge >= 0.3 is 0 Å². The molecular formula is C21H21NO2. The number of hydrogen-bond donors (Lipinski definition) is 0. The Morgan fingerprint density at radius 3 is 2.25 bits per heavy atom. The van der Waals surface area contributed by atoms with Gasteiger partial charge in [0.1, 0.15) is 5.92 Å². The average molecular weight is 319 g/mol. The van der Waals surface area contributed by atoms with Crippen LogP contribution >= 0.6 is 0 Å². The SMILES string of the molecule is Cc1ccnc(CC2=CC(=O)C(c3c(C)cc(C)cc3C)C2=O)c1. The van der Waals surface area contributed by atoms with Crippen molar-refractivity contribution in [1.82, 2.24) is 4.98 Å². The van der Waals surface area contributed by atoms with Gasteiger partial charge in [-0.3, -0.25) is 14.6 Å². The van der Waals surface area contributed by atoms with Crippen molar-refractivity contribution < 1.29 is 9.59 Å². The third-order valence-electron chi connectivity index (χ3n) is 4.55. The van der Waals surface area contributed by atoms with Crippen LogP contribution in [0.1, 0.15) is 39.4 Å². The predicted octanol–water partition coefficient (Wildman–Crippen LogP) is 3.72. The number of hydrogen-bond acceptors (Lipinski definition) is 3. The van der Waals surface area contributed by atoms with Crippen molar-refractivity contribution >= 4 is 11.6 Å². The summed E-state index contributed by atoms with van der Waals surface area (Å²) in [4.78, 5) is 29.7. The Morgan fingerprint density at radius 1 is 0.958 bits per heavy atom. The van der Waals surface area contributed by atoms with Gasteiger partial charge in [-0.25, -0.2) is 0 Å². The van der Waals surface area contributed by atoms with Crippen LogP contribution in [0.5, 0.6) is 0 Å². The lowest BCUT2D eigenvalue weighted by molar-refractivity contribution is -0.122. The molecule has 24 heavy (non-hydrogen) atoms. The van der Waals surface area contributed by atoms with Gasteiger partial charge in [-0.1, -0.05) is 17.7 Å². The zero-order valence-electron chi connectivity index (χ0n) is 14.5. The number of aromatic nitrogens is 1. The Bertz CT molecular complexity index is 854.